The summed E-state index contributed by atoms with van der Waals surface area (Å²) in [4.78, 5) is 20.1. The van der Waals surface area contributed by atoms with E-state index in [1.165, 1.54) is 11.8 Å². The number of amidine groups is 1. The van der Waals surface area contributed by atoms with Gasteiger partial charge >= 0.3 is 0 Å². The summed E-state index contributed by atoms with van der Waals surface area (Å²) in [6.07, 6.45) is 1.84. The number of carbonyl (C=O) groups is 1. The number of hydrogen-bond donors (Lipinski definition) is 0. The van der Waals surface area contributed by atoms with Crippen molar-refractivity contribution in [2.24, 2.45) is 4.99 Å². The number of thioether (sulfide) groups is 1. The number of halogens is 3. The molecule has 0 radical (unpaired) electrons. The average Bonchev–Trinajstić information content (AvgIpc) is 3.18. The Morgan fingerprint density at radius 2 is 1.81 bits per heavy atom. The minimum absolute atomic E-state index is 0.120. The molecule has 1 aliphatic rings. The lowest BCUT2D eigenvalue weighted by Crippen LogP contribution is -2.32. The molecule has 3 aromatic carbocycles. The van der Waals surface area contributed by atoms with Gasteiger partial charge in [-0.25, -0.2) is 4.99 Å². The summed E-state index contributed by atoms with van der Waals surface area (Å²) in [5.41, 5.74) is 2.48. The number of hydrogen-bond acceptors (Lipinski definition) is 6. The van der Waals surface area contributed by atoms with Gasteiger partial charge in [-0.15, -0.1) is 0 Å². The molecule has 1 amide bonds. The molecule has 0 N–H and O–H groups in total. The molecule has 0 atom stereocenters. The van der Waals surface area contributed by atoms with Crippen molar-refractivity contribution in [1.29, 1.82) is 0 Å². The molecule has 1 saturated heterocycles. The van der Waals surface area contributed by atoms with Gasteiger partial charge in [0, 0.05) is 7.11 Å². The predicted octanol–water partition coefficient (Wildman–Crippen LogP) is 7.59. The molecule has 0 saturated carbocycles. The van der Waals surface area contributed by atoms with Crippen LogP contribution in [0.25, 0.3) is 6.08 Å². The van der Waals surface area contributed by atoms with Crippen LogP contribution in [-0.2, 0) is 16.1 Å². The standard InChI is InChI=1S/C27H23BrCl2N2O4S/c1-34-12-11-32-26(33)25(37-27(32)31-19-5-7-20(35-2)8-6-19)15-17-4-10-24(21(28)13-17)36-16-18-3-9-22(29)23(30)14-18/h3-10,13-15H,11-12,16H2,1-2H3/b25-15-,31-27?. The molecular weight excluding hydrogens is 599 g/mol. The maximum atomic E-state index is 13.2. The molecule has 1 fully saturated rings. The van der Waals surface area contributed by atoms with E-state index in [2.05, 4.69) is 15.9 Å². The highest BCUT2D eigenvalue weighted by molar-refractivity contribution is 9.10. The summed E-state index contributed by atoms with van der Waals surface area (Å²) < 4.78 is 17.1. The van der Waals surface area contributed by atoms with Crippen LogP contribution in [0, 0.1) is 0 Å². The van der Waals surface area contributed by atoms with E-state index in [-0.39, 0.29) is 5.91 Å². The number of rotatable bonds is 9. The molecule has 10 heteroatoms. The molecule has 1 heterocycles. The second kappa shape index (κ2) is 12.8. The van der Waals surface area contributed by atoms with Gasteiger partial charge in [0.2, 0.25) is 0 Å². The SMILES string of the molecule is COCCN1C(=O)/C(=C/c2ccc(OCc3ccc(Cl)c(Cl)c3)c(Br)c2)SC1=Nc1ccc(OC)cc1. The molecule has 0 bridgehead atoms. The molecule has 37 heavy (non-hydrogen) atoms. The van der Waals surface area contributed by atoms with Crippen molar-refractivity contribution in [2.75, 3.05) is 27.4 Å². The lowest BCUT2D eigenvalue weighted by Gasteiger charge is -2.14. The highest BCUT2D eigenvalue weighted by atomic mass is 79.9. The van der Waals surface area contributed by atoms with Crippen LogP contribution in [0.2, 0.25) is 10.0 Å². The van der Waals surface area contributed by atoms with Crippen molar-refractivity contribution in [1.82, 2.24) is 4.90 Å². The van der Waals surface area contributed by atoms with Gasteiger partial charge in [-0.05, 0) is 93.4 Å². The van der Waals surface area contributed by atoms with Gasteiger partial charge in [-0.1, -0.05) is 35.3 Å². The quantitative estimate of drug-likeness (QED) is 0.230. The largest absolute Gasteiger partial charge is 0.497 e. The summed E-state index contributed by atoms with van der Waals surface area (Å²) in [6.45, 7) is 1.14. The number of amides is 1. The molecule has 0 aliphatic carbocycles. The fourth-order valence-electron chi connectivity index (χ4n) is 3.40. The van der Waals surface area contributed by atoms with Crippen molar-refractivity contribution >= 4 is 73.7 Å². The maximum absolute atomic E-state index is 13.2. The topological polar surface area (TPSA) is 60.4 Å². The Morgan fingerprint density at radius 3 is 2.49 bits per heavy atom. The molecule has 6 nitrogen and oxygen atoms in total. The number of ether oxygens (including phenoxy) is 3. The minimum atomic E-state index is -0.120. The summed E-state index contributed by atoms with van der Waals surface area (Å²) in [6, 6.07) is 18.4. The number of carbonyl (C=O) groups excluding carboxylic acids is 1. The predicted molar refractivity (Wildman–Crippen MR) is 154 cm³/mol. The highest BCUT2D eigenvalue weighted by Crippen LogP contribution is 2.36. The monoisotopic (exact) mass is 620 g/mol. The van der Waals surface area contributed by atoms with Gasteiger partial charge in [0.15, 0.2) is 5.17 Å². The molecule has 4 rings (SSSR count). The smallest absolute Gasteiger partial charge is 0.266 e. The molecule has 1 aliphatic heterocycles. The molecule has 3 aromatic rings. The summed E-state index contributed by atoms with van der Waals surface area (Å²) in [7, 11) is 3.22. The van der Waals surface area contributed by atoms with Crippen LogP contribution in [0.4, 0.5) is 5.69 Å². The Labute approximate surface area is 238 Å². The van der Waals surface area contributed by atoms with Crippen molar-refractivity contribution in [3.63, 3.8) is 0 Å². The third-order valence-electron chi connectivity index (χ3n) is 5.34. The number of methoxy groups -OCH3 is 2. The second-order valence-corrected chi connectivity index (χ2v) is 10.6. The lowest BCUT2D eigenvalue weighted by atomic mass is 10.2. The molecule has 192 valence electrons. The van der Waals surface area contributed by atoms with Crippen molar-refractivity contribution in [3.8, 4) is 11.5 Å². The first-order chi connectivity index (χ1) is 17.9. The minimum Gasteiger partial charge on any atom is -0.497 e. The van der Waals surface area contributed by atoms with E-state index in [1.807, 2.05) is 54.6 Å². The Kier molecular flexibility index (Phi) is 9.56. The fourth-order valence-corrected chi connectivity index (χ4v) is 5.26. The van der Waals surface area contributed by atoms with E-state index in [0.717, 1.165) is 27.0 Å². The normalized spacial score (nSPS) is 15.6. The van der Waals surface area contributed by atoms with Crippen LogP contribution >= 0.6 is 50.9 Å². The first-order valence-corrected chi connectivity index (χ1v) is 13.5. The lowest BCUT2D eigenvalue weighted by molar-refractivity contribution is -0.122. The third-order valence-corrected chi connectivity index (χ3v) is 7.70. The molecule has 0 spiro atoms. The summed E-state index contributed by atoms with van der Waals surface area (Å²) >= 11 is 17.0. The molecule has 0 unspecified atom stereocenters. The van der Waals surface area contributed by atoms with E-state index >= 15 is 0 Å². The van der Waals surface area contributed by atoms with E-state index in [0.29, 0.717) is 45.6 Å². The zero-order valence-corrected chi connectivity index (χ0v) is 24.0. The van der Waals surface area contributed by atoms with Crippen molar-refractivity contribution in [3.05, 3.63) is 91.2 Å². The van der Waals surface area contributed by atoms with E-state index in [9.17, 15) is 4.79 Å². The van der Waals surface area contributed by atoms with Gasteiger partial charge in [0.05, 0.1) is 45.4 Å². The van der Waals surface area contributed by atoms with Crippen molar-refractivity contribution in [2.45, 2.75) is 6.61 Å². The number of aliphatic imine (C=N–C) groups is 1. The van der Waals surface area contributed by atoms with Crippen molar-refractivity contribution < 1.29 is 19.0 Å². The van der Waals surface area contributed by atoms with Gasteiger partial charge in [-0.3, -0.25) is 9.69 Å². The Balaban J connectivity index is 1.52. The first kappa shape index (κ1) is 27.5. The van der Waals surface area contributed by atoms with Gasteiger partial charge in [0.25, 0.3) is 5.91 Å². The second-order valence-electron chi connectivity index (χ2n) is 7.88. The van der Waals surface area contributed by atoms with E-state index in [1.54, 1.807) is 31.3 Å². The van der Waals surface area contributed by atoms with Crippen LogP contribution < -0.4 is 9.47 Å². The Bertz CT molecular complexity index is 1350. The average molecular weight is 622 g/mol. The summed E-state index contributed by atoms with van der Waals surface area (Å²) in [5, 5.41) is 1.58. The van der Waals surface area contributed by atoms with Gasteiger partial charge in [-0.2, -0.15) is 0 Å². The van der Waals surface area contributed by atoms with Crippen LogP contribution in [0.1, 0.15) is 11.1 Å². The van der Waals surface area contributed by atoms with E-state index < -0.39 is 0 Å². The molecular formula is C27H23BrCl2N2O4S. The Morgan fingerprint density at radius 1 is 1.03 bits per heavy atom. The molecule has 0 aromatic heterocycles. The Hall–Kier alpha value is -2.49. The van der Waals surface area contributed by atoms with Gasteiger partial charge in [0.1, 0.15) is 18.1 Å². The van der Waals surface area contributed by atoms with Crippen LogP contribution in [0.5, 0.6) is 11.5 Å². The zero-order chi connectivity index (χ0) is 26.4. The fraction of sp³-hybridized carbons (Fsp3) is 0.185. The first-order valence-electron chi connectivity index (χ1n) is 11.2. The number of benzene rings is 3. The van der Waals surface area contributed by atoms with Crippen LogP contribution in [0.15, 0.2) is 75.0 Å². The summed E-state index contributed by atoms with van der Waals surface area (Å²) in [5.74, 6) is 1.29. The highest BCUT2D eigenvalue weighted by Gasteiger charge is 2.33. The third kappa shape index (κ3) is 7.09. The van der Waals surface area contributed by atoms with Crippen LogP contribution in [0.3, 0.4) is 0 Å². The van der Waals surface area contributed by atoms with Crippen LogP contribution in [-0.4, -0.2) is 43.3 Å². The maximum Gasteiger partial charge on any atom is 0.266 e. The number of nitrogens with zero attached hydrogens (tertiary/aromatic N) is 2. The zero-order valence-electron chi connectivity index (χ0n) is 20.0. The van der Waals surface area contributed by atoms with Gasteiger partial charge < -0.3 is 14.2 Å². The van der Waals surface area contributed by atoms with E-state index in [4.69, 9.17) is 42.4 Å².